The van der Waals surface area contributed by atoms with Gasteiger partial charge in [0.05, 0.1) is 6.61 Å². The monoisotopic (exact) mass is 282 g/mol. The van der Waals surface area contributed by atoms with Crippen LogP contribution in [0.3, 0.4) is 0 Å². The molecule has 110 valence electrons. The Morgan fingerprint density at radius 2 is 2.15 bits per heavy atom. The molecule has 0 aromatic carbocycles. The highest BCUT2D eigenvalue weighted by Gasteiger charge is 2.23. The molecular formula is C12H18N4O4. The third-order valence-electron chi connectivity index (χ3n) is 3.39. The Morgan fingerprint density at radius 1 is 1.35 bits per heavy atom. The predicted molar refractivity (Wildman–Crippen MR) is 71.5 cm³/mol. The van der Waals surface area contributed by atoms with Crippen LogP contribution in [-0.2, 0) is 0 Å². The summed E-state index contributed by atoms with van der Waals surface area (Å²) in [5.74, 6) is -0.394. The number of aromatic nitrogens is 1. The van der Waals surface area contributed by atoms with Crippen molar-refractivity contribution in [3.05, 3.63) is 27.9 Å². The summed E-state index contributed by atoms with van der Waals surface area (Å²) in [6.45, 7) is 3.44. The molecule has 0 radical (unpaired) electrons. The summed E-state index contributed by atoms with van der Waals surface area (Å²) in [6, 6.07) is 2.74. The molecule has 8 nitrogen and oxygen atoms in total. The maximum atomic E-state index is 12.3. The molecular weight excluding hydrogens is 264 g/mol. The van der Waals surface area contributed by atoms with Crippen molar-refractivity contribution in [3.63, 3.8) is 0 Å². The molecule has 0 bridgehead atoms. The second-order valence-electron chi connectivity index (χ2n) is 4.73. The van der Waals surface area contributed by atoms with Gasteiger partial charge in [-0.1, -0.05) is 0 Å². The predicted octanol–water partition coefficient (Wildman–Crippen LogP) is 0.0631. The molecule has 2 heterocycles. The quantitative estimate of drug-likeness (QED) is 0.600. The third kappa shape index (κ3) is 3.34. The van der Waals surface area contributed by atoms with Crippen molar-refractivity contribution in [2.24, 2.45) is 0 Å². The minimum Gasteiger partial charge on any atom is -0.395 e. The van der Waals surface area contributed by atoms with Gasteiger partial charge in [-0.15, -0.1) is 0 Å². The highest BCUT2D eigenvalue weighted by Crippen LogP contribution is 2.13. The zero-order valence-corrected chi connectivity index (χ0v) is 11.1. The Bertz CT molecular complexity index is 488. The summed E-state index contributed by atoms with van der Waals surface area (Å²) >= 11 is 0. The SMILES string of the molecule is O=C(c1ccc([N+](=O)[O-])[nH]1)N1CCCN(CCO)CC1. The molecule has 0 aliphatic carbocycles. The second-order valence-corrected chi connectivity index (χ2v) is 4.73. The van der Waals surface area contributed by atoms with E-state index in [0.29, 0.717) is 26.2 Å². The summed E-state index contributed by atoms with van der Waals surface area (Å²) in [5.41, 5.74) is 0.243. The summed E-state index contributed by atoms with van der Waals surface area (Å²) in [4.78, 5) is 28.6. The van der Waals surface area contributed by atoms with E-state index in [1.807, 2.05) is 0 Å². The molecule has 8 heteroatoms. The van der Waals surface area contributed by atoms with E-state index in [2.05, 4.69) is 9.88 Å². The Hall–Kier alpha value is -1.93. The van der Waals surface area contributed by atoms with E-state index in [4.69, 9.17) is 5.11 Å². The molecule has 2 N–H and O–H groups in total. The van der Waals surface area contributed by atoms with E-state index < -0.39 is 4.92 Å². The van der Waals surface area contributed by atoms with Crippen LogP contribution < -0.4 is 0 Å². The summed E-state index contributed by atoms with van der Waals surface area (Å²) in [7, 11) is 0. The molecule has 2 rings (SSSR count). The Balaban J connectivity index is 1.99. The molecule has 1 aliphatic heterocycles. The molecule has 1 aliphatic rings. The number of β-amino-alcohol motifs (C(OH)–C–C–N with tert-alkyl or cyclic N) is 1. The van der Waals surface area contributed by atoms with Gasteiger partial charge in [-0.3, -0.25) is 9.69 Å². The number of nitrogens with zero attached hydrogens (tertiary/aromatic N) is 3. The second kappa shape index (κ2) is 6.49. The number of aliphatic hydroxyl groups is 1. The normalized spacial score (nSPS) is 16.9. The van der Waals surface area contributed by atoms with Crippen LogP contribution >= 0.6 is 0 Å². The minimum absolute atomic E-state index is 0.108. The van der Waals surface area contributed by atoms with Gasteiger partial charge in [0.15, 0.2) is 5.69 Å². The van der Waals surface area contributed by atoms with Gasteiger partial charge in [0.2, 0.25) is 0 Å². The van der Waals surface area contributed by atoms with Gasteiger partial charge in [-0.2, -0.15) is 0 Å². The number of hydrogen-bond acceptors (Lipinski definition) is 5. The van der Waals surface area contributed by atoms with Crippen LogP contribution in [0.1, 0.15) is 16.9 Å². The fraction of sp³-hybridized carbons (Fsp3) is 0.583. The average Bonchev–Trinajstić information content (AvgIpc) is 2.80. The van der Waals surface area contributed by atoms with Gasteiger partial charge in [0.25, 0.3) is 5.91 Å². The molecule has 0 saturated carbocycles. The number of hydrogen-bond donors (Lipinski definition) is 2. The minimum atomic E-state index is -0.553. The van der Waals surface area contributed by atoms with Crippen molar-refractivity contribution in [1.82, 2.24) is 14.8 Å². The van der Waals surface area contributed by atoms with Crippen molar-refractivity contribution < 1.29 is 14.8 Å². The van der Waals surface area contributed by atoms with E-state index in [0.717, 1.165) is 13.0 Å². The van der Waals surface area contributed by atoms with Crippen LogP contribution in [0.5, 0.6) is 0 Å². The first-order valence-corrected chi connectivity index (χ1v) is 6.57. The number of amides is 1. The van der Waals surface area contributed by atoms with E-state index in [-0.39, 0.29) is 24.0 Å². The van der Waals surface area contributed by atoms with E-state index in [1.54, 1.807) is 4.90 Å². The lowest BCUT2D eigenvalue weighted by atomic mass is 10.3. The lowest BCUT2D eigenvalue weighted by Gasteiger charge is -2.20. The van der Waals surface area contributed by atoms with E-state index in [9.17, 15) is 14.9 Å². The molecule has 20 heavy (non-hydrogen) atoms. The molecule has 1 saturated heterocycles. The number of nitro groups is 1. The van der Waals surface area contributed by atoms with Crippen molar-refractivity contribution in [1.29, 1.82) is 0 Å². The van der Waals surface area contributed by atoms with Crippen molar-refractivity contribution in [2.45, 2.75) is 6.42 Å². The van der Waals surface area contributed by atoms with Crippen LogP contribution in [0.2, 0.25) is 0 Å². The fourth-order valence-electron chi connectivity index (χ4n) is 2.32. The zero-order chi connectivity index (χ0) is 14.5. The van der Waals surface area contributed by atoms with E-state index in [1.165, 1.54) is 12.1 Å². The Morgan fingerprint density at radius 3 is 2.80 bits per heavy atom. The lowest BCUT2D eigenvalue weighted by molar-refractivity contribution is -0.389. The first kappa shape index (κ1) is 14.5. The Labute approximate surface area is 116 Å². The number of nitrogens with one attached hydrogen (secondary N) is 1. The van der Waals surface area contributed by atoms with E-state index >= 15 is 0 Å². The molecule has 0 atom stereocenters. The number of aliphatic hydroxyl groups excluding tert-OH is 1. The molecule has 1 fully saturated rings. The van der Waals surface area contributed by atoms with Gasteiger partial charge in [0, 0.05) is 32.2 Å². The number of carbonyl (C=O) groups excluding carboxylic acids is 1. The first-order chi connectivity index (χ1) is 9.61. The maximum absolute atomic E-state index is 12.3. The zero-order valence-electron chi connectivity index (χ0n) is 11.1. The number of carbonyl (C=O) groups is 1. The molecule has 1 aromatic heterocycles. The van der Waals surface area contributed by atoms with Crippen LogP contribution in [0.15, 0.2) is 12.1 Å². The van der Waals surface area contributed by atoms with Crippen molar-refractivity contribution in [2.75, 3.05) is 39.3 Å². The number of H-pyrrole nitrogens is 1. The topological polar surface area (TPSA) is 103 Å². The third-order valence-corrected chi connectivity index (χ3v) is 3.39. The number of rotatable bonds is 4. The molecule has 1 amide bonds. The van der Waals surface area contributed by atoms with Crippen LogP contribution in [-0.4, -0.2) is 70.1 Å². The fourth-order valence-corrected chi connectivity index (χ4v) is 2.32. The first-order valence-electron chi connectivity index (χ1n) is 6.57. The van der Waals surface area contributed by atoms with Crippen LogP contribution in [0.25, 0.3) is 0 Å². The van der Waals surface area contributed by atoms with Gasteiger partial charge in [-0.05, 0) is 24.0 Å². The van der Waals surface area contributed by atoms with Crippen LogP contribution in [0, 0.1) is 10.1 Å². The van der Waals surface area contributed by atoms with Crippen LogP contribution in [0.4, 0.5) is 5.82 Å². The van der Waals surface area contributed by atoms with Crippen molar-refractivity contribution >= 4 is 11.7 Å². The average molecular weight is 282 g/mol. The number of aromatic amines is 1. The smallest absolute Gasteiger partial charge is 0.321 e. The van der Waals surface area contributed by atoms with Gasteiger partial charge >= 0.3 is 5.82 Å². The summed E-state index contributed by atoms with van der Waals surface area (Å²) in [5, 5.41) is 19.5. The Kier molecular flexibility index (Phi) is 4.70. The maximum Gasteiger partial charge on any atom is 0.321 e. The molecule has 0 unspecified atom stereocenters. The molecule has 0 spiro atoms. The van der Waals surface area contributed by atoms with Gasteiger partial charge < -0.3 is 20.1 Å². The molecule has 1 aromatic rings. The highest BCUT2D eigenvalue weighted by atomic mass is 16.6. The highest BCUT2D eigenvalue weighted by molar-refractivity contribution is 5.92. The largest absolute Gasteiger partial charge is 0.395 e. The van der Waals surface area contributed by atoms with Crippen molar-refractivity contribution in [3.8, 4) is 0 Å². The lowest BCUT2D eigenvalue weighted by Crippen LogP contribution is -2.36. The van der Waals surface area contributed by atoms with Gasteiger partial charge in [0.1, 0.15) is 0 Å². The standard InChI is InChI=1S/C12H18N4O4/c17-9-8-14-4-1-5-15(7-6-14)12(18)10-2-3-11(13-10)16(19)20/h2-3,13,17H,1,4-9H2. The van der Waals surface area contributed by atoms with Gasteiger partial charge in [-0.25, -0.2) is 4.98 Å². The summed E-state index contributed by atoms with van der Waals surface area (Å²) in [6.07, 6.45) is 0.828. The summed E-state index contributed by atoms with van der Waals surface area (Å²) < 4.78 is 0.